The number of nitrogens with zero attached hydrogens (tertiary/aromatic N) is 1. The summed E-state index contributed by atoms with van der Waals surface area (Å²) in [6, 6.07) is 4.98. The Morgan fingerprint density at radius 3 is 2.64 bits per heavy atom. The zero-order valence-electron chi connectivity index (χ0n) is 7.80. The molecule has 1 aromatic carbocycles. The van der Waals surface area contributed by atoms with E-state index in [1.807, 2.05) is 6.07 Å². The molecule has 72 valence electrons. The first-order valence-electron chi connectivity index (χ1n) is 3.89. The maximum atomic E-state index is 11.2. The van der Waals surface area contributed by atoms with Crippen molar-refractivity contribution in [2.24, 2.45) is 0 Å². The summed E-state index contributed by atoms with van der Waals surface area (Å²) in [6.07, 6.45) is 0. The predicted molar refractivity (Wildman–Crippen MR) is 52.7 cm³/mol. The molecule has 0 amide bonds. The number of benzene rings is 1. The van der Waals surface area contributed by atoms with Crippen molar-refractivity contribution in [3.63, 3.8) is 0 Å². The second-order valence-electron chi connectivity index (χ2n) is 2.67. The van der Waals surface area contributed by atoms with Crippen molar-refractivity contribution in [2.75, 3.05) is 7.11 Å². The number of carbonyl (C=O) groups is 1. The normalized spacial score (nSPS) is 9.29. The minimum atomic E-state index is -0.219. The summed E-state index contributed by atoms with van der Waals surface area (Å²) in [5.74, 6) is 0.172. The summed E-state index contributed by atoms with van der Waals surface area (Å²) in [5.41, 5.74) is 0.533. The van der Waals surface area contributed by atoms with E-state index in [4.69, 9.17) is 21.6 Å². The van der Waals surface area contributed by atoms with Crippen LogP contribution in [0.4, 0.5) is 0 Å². The molecule has 14 heavy (non-hydrogen) atoms. The summed E-state index contributed by atoms with van der Waals surface area (Å²) in [6.45, 7) is 1.38. The highest BCUT2D eigenvalue weighted by Gasteiger charge is 2.15. The Bertz CT molecular complexity index is 421. The molecule has 0 bridgehead atoms. The maximum absolute atomic E-state index is 11.2. The fourth-order valence-corrected chi connectivity index (χ4v) is 1.47. The largest absolute Gasteiger partial charge is 0.496 e. The van der Waals surface area contributed by atoms with E-state index in [1.165, 1.54) is 20.1 Å². The fraction of sp³-hybridized carbons (Fsp3) is 0.200. The van der Waals surface area contributed by atoms with E-state index < -0.39 is 0 Å². The quantitative estimate of drug-likeness (QED) is 0.703. The van der Waals surface area contributed by atoms with Crippen LogP contribution in [-0.4, -0.2) is 12.9 Å². The number of methoxy groups -OCH3 is 1. The summed E-state index contributed by atoms with van der Waals surface area (Å²) < 4.78 is 4.97. The van der Waals surface area contributed by atoms with Gasteiger partial charge in [-0.25, -0.2) is 0 Å². The van der Waals surface area contributed by atoms with Crippen LogP contribution in [0.25, 0.3) is 0 Å². The minimum absolute atomic E-state index is 0.152. The van der Waals surface area contributed by atoms with Gasteiger partial charge in [0, 0.05) is 0 Å². The van der Waals surface area contributed by atoms with E-state index in [2.05, 4.69) is 0 Å². The average Bonchev–Trinajstić information content (AvgIpc) is 2.16. The highest BCUT2D eigenvalue weighted by molar-refractivity contribution is 6.35. The van der Waals surface area contributed by atoms with Gasteiger partial charge in [0.2, 0.25) is 0 Å². The third-order valence-corrected chi connectivity index (χ3v) is 2.19. The average molecular weight is 210 g/mol. The molecular formula is C10H8ClNO2. The number of Topliss-reactive ketones (excluding diaryl/α,β-unsaturated/α-hetero) is 1. The molecule has 0 aliphatic rings. The van der Waals surface area contributed by atoms with Crippen molar-refractivity contribution in [1.29, 1.82) is 5.26 Å². The van der Waals surface area contributed by atoms with Crippen molar-refractivity contribution in [2.45, 2.75) is 6.92 Å². The Morgan fingerprint density at radius 2 is 2.21 bits per heavy atom. The lowest BCUT2D eigenvalue weighted by molar-refractivity contribution is 0.101. The molecule has 1 aromatic rings. The van der Waals surface area contributed by atoms with Gasteiger partial charge in [0.1, 0.15) is 11.8 Å². The molecule has 0 spiro atoms. The number of carbonyl (C=O) groups excluding carboxylic acids is 1. The van der Waals surface area contributed by atoms with Crippen LogP contribution in [0, 0.1) is 11.3 Å². The van der Waals surface area contributed by atoms with Crippen LogP contribution in [0.3, 0.4) is 0 Å². The number of hydrogen-bond acceptors (Lipinski definition) is 3. The Kier molecular flexibility index (Phi) is 3.10. The van der Waals surface area contributed by atoms with Gasteiger partial charge in [0.25, 0.3) is 0 Å². The fourth-order valence-electron chi connectivity index (χ4n) is 1.14. The molecule has 4 heteroatoms. The first-order chi connectivity index (χ1) is 6.61. The predicted octanol–water partition coefficient (Wildman–Crippen LogP) is 2.42. The van der Waals surface area contributed by atoms with E-state index in [1.54, 1.807) is 6.07 Å². The monoisotopic (exact) mass is 209 g/mol. The summed E-state index contributed by atoms with van der Waals surface area (Å²) in [5, 5.41) is 8.85. The molecular weight excluding hydrogens is 202 g/mol. The van der Waals surface area contributed by atoms with E-state index in [0.29, 0.717) is 5.75 Å². The lowest BCUT2D eigenvalue weighted by Gasteiger charge is -2.07. The first kappa shape index (κ1) is 10.6. The molecule has 0 atom stereocenters. The second kappa shape index (κ2) is 4.12. The SMILES string of the molecule is COc1ccc(C#N)c(Cl)c1C(C)=O. The maximum Gasteiger partial charge on any atom is 0.165 e. The number of nitriles is 1. The van der Waals surface area contributed by atoms with Crippen LogP contribution < -0.4 is 4.74 Å². The van der Waals surface area contributed by atoms with Gasteiger partial charge in [-0.3, -0.25) is 4.79 Å². The smallest absolute Gasteiger partial charge is 0.165 e. The molecule has 3 nitrogen and oxygen atoms in total. The van der Waals surface area contributed by atoms with Gasteiger partial charge in [-0.15, -0.1) is 0 Å². The Morgan fingerprint density at radius 1 is 1.57 bits per heavy atom. The second-order valence-corrected chi connectivity index (χ2v) is 3.05. The van der Waals surface area contributed by atoms with Gasteiger partial charge in [-0.1, -0.05) is 11.6 Å². The van der Waals surface area contributed by atoms with Crippen molar-refractivity contribution in [1.82, 2.24) is 0 Å². The third kappa shape index (κ3) is 1.70. The van der Waals surface area contributed by atoms with Crippen LogP contribution in [0.1, 0.15) is 22.8 Å². The molecule has 0 aromatic heterocycles. The molecule has 0 fully saturated rings. The zero-order chi connectivity index (χ0) is 10.7. The van der Waals surface area contributed by atoms with E-state index >= 15 is 0 Å². The van der Waals surface area contributed by atoms with Crippen molar-refractivity contribution < 1.29 is 9.53 Å². The molecule has 0 saturated carbocycles. The van der Waals surface area contributed by atoms with Crippen LogP contribution in [0.2, 0.25) is 5.02 Å². The van der Waals surface area contributed by atoms with Gasteiger partial charge in [-0.05, 0) is 19.1 Å². The lowest BCUT2D eigenvalue weighted by atomic mass is 10.1. The number of halogens is 1. The Labute approximate surface area is 86.9 Å². The van der Waals surface area contributed by atoms with Gasteiger partial charge in [-0.2, -0.15) is 5.26 Å². The number of ether oxygens (including phenoxy) is 1. The van der Waals surface area contributed by atoms with Gasteiger partial charge >= 0.3 is 0 Å². The van der Waals surface area contributed by atoms with Crippen LogP contribution >= 0.6 is 11.6 Å². The lowest BCUT2D eigenvalue weighted by Crippen LogP contribution is -2.00. The van der Waals surface area contributed by atoms with Crippen LogP contribution in [-0.2, 0) is 0 Å². The molecule has 0 unspecified atom stereocenters. The molecule has 1 rings (SSSR count). The summed E-state index contributed by atoms with van der Waals surface area (Å²) in [4.78, 5) is 11.2. The molecule has 0 aliphatic heterocycles. The van der Waals surface area contributed by atoms with Gasteiger partial charge in [0.05, 0.1) is 23.3 Å². The highest BCUT2D eigenvalue weighted by atomic mass is 35.5. The Hall–Kier alpha value is -1.53. The molecule has 0 heterocycles. The minimum Gasteiger partial charge on any atom is -0.496 e. The van der Waals surface area contributed by atoms with Crippen molar-refractivity contribution >= 4 is 17.4 Å². The van der Waals surface area contributed by atoms with Crippen molar-refractivity contribution in [3.8, 4) is 11.8 Å². The van der Waals surface area contributed by atoms with Crippen LogP contribution in [0.15, 0.2) is 12.1 Å². The van der Waals surface area contributed by atoms with Crippen molar-refractivity contribution in [3.05, 3.63) is 28.3 Å². The standard InChI is InChI=1S/C10H8ClNO2/c1-6(13)9-8(14-2)4-3-7(5-12)10(9)11/h3-4H,1-2H3. The summed E-state index contributed by atoms with van der Waals surface area (Å²) >= 11 is 5.86. The molecule has 0 aliphatic carbocycles. The van der Waals surface area contributed by atoms with E-state index in [0.717, 1.165) is 0 Å². The highest BCUT2D eigenvalue weighted by Crippen LogP contribution is 2.29. The zero-order valence-corrected chi connectivity index (χ0v) is 8.55. The topological polar surface area (TPSA) is 50.1 Å². The molecule has 0 N–H and O–H groups in total. The van der Waals surface area contributed by atoms with Gasteiger partial charge < -0.3 is 4.74 Å². The van der Waals surface area contributed by atoms with Gasteiger partial charge in [0.15, 0.2) is 5.78 Å². The number of ketones is 1. The first-order valence-corrected chi connectivity index (χ1v) is 4.27. The van der Waals surface area contributed by atoms with Crippen LogP contribution in [0.5, 0.6) is 5.75 Å². The summed E-state index contributed by atoms with van der Waals surface area (Å²) in [7, 11) is 1.45. The number of rotatable bonds is 2. The van der Waals surface area contributed by atoms with E-state index in [-0.39, 0.29) is 21.9 Å². The number of hydrogen-bond donors (Lipinski definition) is 0. The molecule has 0 saturated heterocycles. The molecule has 0 radical (unpaired) electrons. The van der Waals surface area contributed by atoms with E-state index in [9.17, 15) is 4.79 Å². The Balaban J connectivity index is 3.49. The third-order valence-electron chi connectivity index (χ3n) is 1.80.